The van der Waals surface area contributed by atoms with Crippen molar-refractivity contribution in [1.29, 1.82) is 0 Å². The lowest BCUT2D eigenvalue weighted by atomic mass is 10.1. The maximum Gasteiger partial charge on any atom is 0.422 e. The molecule has 0 aliphatic heterocycles. The Kier molecular flexibility index (Phi) is 6.26. The summed E-state index contributed by atoms with van der Waals surface area (Å²) in [5.41, 5.74) is 2.37. The molecule has 3 rings (SSSR count). The van der Waals surface area contributed by atoms with Gasteiger partial charge >= 0.3 is 6.18 Å². The number of amides is 1. The summed E-state index contributed by atoms with van der Waals surface area (Å²) in [7, 11) is 0. The van der Waals surface area contributed by atoms with Crippen molar-refractivity contribution in [2.75, 3.05) is 11.9 Å². The van der Waals surface area contributed by atoms with Crippen LogP contribution in [0.1, 0.15) is 21.5 Å². The molecule has 0 spiro atoms. The first-order chi connectivity index (χ1) is 13.7. The molecule has 0 bridgehead atoms. The number of nitrogens with zero attached hydrogens (tertiary/aromatic N) is 2. The van der Waals surface area contributed by atoms with Crippen molar-refractivity contribution in [1.82, 2.24) is 9.78 Å². The minimum Gasteiger partial charge on any atom is -0.484 e. The van der Waals surface area contributed by atoms with Gasteiger partial charge in [0.2, 0.25) is 0 Å². The predicted molar refractivity (Wildman–Crippen MR) is 106 cm³/mol. The van der Waals surface area contributed by atoms with Gasteiger partial charge in [-0.3, -0.25) is 9.48 Å². The van der Waals surface area contributed by atoms with Crippen molar-refractivity contribution >= 4 is 27.7 Å². The lowest BCUT2D eigenvalue weighted by Crippen LogP contribution is -2.19. The number of halogens is 4. The van der Waals surface area contributed by atoms with Crippen LogP contribution in [0.2, 0.25) is 0 Å². The summed E-state index contributed by atoms with van der Waals surface area (Å²) < 4.78 is 43.8. The number of rotatable bonds is 6. The largest absolute Gasteiger partial charge is 0.484 e. The Hall–Kier alpha value is -2.81. The second kappa shape index (κ2) is 8.69. The van der Waals surface area contributed by atoms with E-state index in [4.69, 9.17) is 0 Å². The molecular formula is C20H17BrF3N3O2. The summed E-state index contributed by atoms with van der Waals surface area (Å²) >= 11 is 3.36. The maximum absolute atomic E-state index is 12.5. The molecule has 0 saturated carbocycles. The second-order valence-corrected chi connectivity index (χ2v) is 7.25. The van der Waals surface area contributed by atoms with Crippen LogP contribution >= 0.6 is 15.9 Å². The van der Waals surface area contributed by atoms with E-state index in [-0.39, 0.29) is 11.3 Å². The molecule has 9 heteroatoms. The van der Waals surface area contributed by atoms with Gasteiger partial charge in [0.15, 0.2) is 12.4 Å². The molecule has 1 heterocycles. The molecule has 1 aromatic heterocycles. The molecule has 0 aliphatic carbocycles. The van der Waals surface area contributed by atoms with Gasteiger partial charge in [0.05, 0.1) is 11.0 Å². The zero-order valence-corrected chi connectivity index (χ0v) is 16.9. The SMILES string of the molecule is Cc1ccc(Cn2cc(Br)c(NC(=O)c3cccc(OCC(F)(F)F)c3)n2)cc1. The van der Waals surface area contributed by atoms with Crippen LogP contribution in [0.15, 0.2) is 59.2 Å². The van der Waals surface area contributed by atoms with Gasteiger partial charge in [-0.2, -0.15) is 18.3 Å². The normalized spacial score (nSPS) is 11.3. The molecule has 29 heavy (non-hydrogen) atoms. The Balaban J connectivity index is 1.67. The highest BCUT2D eigenvalue weighted by atomic mass is 79.9. The van der Waals surface area contributed by atoms with E-state index in [1.165, 1.54) is 24.3 Å². The zero-order chi connectivity index (χ0) is 21.0. The van der Waals surface area contributed by atoms with E-state index in [1.54, 1.807) is 10.9 Å². The van der Waals surface area contributed by atoms with E-state index < -0.39 is 18.7 Å². The first kappa shape index (κ1) is 20.9. The molecule has 2 aromatic carbocycles. The number of anilines is 1. The molecule has 1 amide bonds. The Morgan fingerprint density at radius 2 is 1.93 bits per heavy atom. The highest BCUT2D eigenvalue weighted by Crippen LogP contribution is 2.23. The Morgan fingerprint density at radius 3 is 2.62 bits per heavy atom. The van der Waals surface area contributed by atoms with Crippen molar-refractivity contribution in [3.05, 3.63) is 75.9 Å². The molecule has 0 fully saturated rings. The van der Waals surface area contributed by atoms with E-state index in [0.29, 0.717) is 16.8 Å². The minimum absolute atomic E-state index is 0.0426. The van der Waals surface area contributed by atoms with Gasteiger partial charge in [-0.15, -0.1) is 0 Å². The Bertz CT molecular complexity index is 1000. The first-order valence-corrected chi connectivity index (χ1v) is 9.38. The van der Waals surface area contributed by atoms with Gasteiger partial charge in [0.25, 0.3) is 5.91 Å². The molecule has 3 aromatic rings. The average molecular weight is 468 g/mol. The summed E-state index contributed by atoms with van der Waals surface area (Å²) in [5.74, 6) is -0.244. The van der Waals surface area contributed by atoms with Crippen LogP contribution in [0.3, 0.4) is 0 Å². The highest BCUT2D eigenvalue weighted by Gasteiger charge is 2.28. The van der Waals surface area contributed by atoms with Gasteiger partial charge in [-0.05, 0) is 46.6 Å². The number of aromatic nitrogens is 2. The average Bonchev–Trinajstić information content (AvgIpc) is 3.00. The lowest BCUT2D eigenvalue weighted by Gasteiger charge is -2.10. The van der Waals surface area contributed by atoms with Crippen molar-refractivity contribution < 1.29 is 22.7 Å². The predicted octanol–water partition coefficient (Wildman–Crippen LogP) is 5.20. The van der Waals surface area contributed by atoms with E-state index >= 15 is 0 Å². The summed E-state index contributed by atoms with van der Waals surface area (Å²) in [5, 5.41) is 6.99. The van der Waals surface area contributed by atoms with Crippen molar-refractivity contribution in [2.24, 2.45) is 0 Å². The van der Waals surface area contributed by atoms with E-state index in [2.05, 4.69) is 31.1 Å². The fourth-order valence-corrected chi connectivity index (χ4v) is 2.93. The number of alkyl halides is 3. The van der Waals surface area contributed by atoms with Gasteiger partial charge in [-0.25, -0.2) is 0 Å². The number of hydrogen-bond donors (Lipinski definition) is 1. The van der Waals surface area contributed by atoms with E-state index in [1.807, 2.05) is 31.2 Å². The number of nitrogens with one attached hydrogen (secondary N) is 1. The minimum atomic E-state index is -4.45. The number of carbonyl (C=O) groups excluding carboxylic acids is 1. The molecule has 0 unspecified atom stereocenters. The number of ether oxygens (including phenoxy) is 1. The number of aryl methyl sites for hydroxylation is 1. The van der Waals surface area contributed by atoms with Gasteiger partial charge in [0, 0.05) is 11.8 Å². The van der Waals surface area contributed by atoms with Crippen LogP contribution in [0, 0.1) is 6.92 Å². The molecule has 152 valence electrons. The first-order valence-electron chi connectivity index (χ1n) is 8.59. The fraction of sp³-hybridized carbons (Fsp3) is 0.200. The van der Waals surface area contributed by atoms with Crippen molar-refractivity contribution in [3.8, 4) is 5.75 Å². The van der Waals surface area contributed by atoms with E-state index in [0.717, 1.165) is 11.1 Å². The van der Waals surface area contributed by atoms with Crippen molar-refractivity contribution in [3.63, 3.8) is 0 Å². The smallest absolute Gasteiger partial charge is 0.422 e. The third-order valence-electron chi connectivity index (χ3n) is 3.91. The molecule has 5 nitrogen and oxygen atoms in total. The Labute approximate surface area is 173 Å². The summed E-state index contributed by atoms with van der Waals surface area (Å²) in [4.78, 5) is 12.5. The number of hydrogen-bond acceptors (Lipinski definition) is 3. The highest BCUT2D eigenvalue weighted by molar-refractivity contribution is 9.10. The molecule has 0 radical (unpaired) electrons. The fourth-order valence-electron chi connectivity index (χ4n) is 2.52. The third-order valence-corrected chi connectivity index (χ3v) is 4.49. The van der Waals surface area contributed by atoms with E-state index in [9.17, 15) is 18.0 Å². The van der Waals surface area contributed by atoms with Crippen LogP contribution in [-0.2, 0) is 6.54 Å². The van der Waals surface area contributed by atoms with Crippen LogP contribution in [-0.4, -0.2) is 28.5 Å². The summed E-state index contributed by atoms with van der Waals surface area (Å²) in [6.45, 7) is 1.10. The standard InChI is InChI=1S/C20H17BrF3N3O2/c1-13-5-7-14(8-6-13)10-27-11-17(21)18(26-27)25-19(28)15-3-2-4-16(9-15)29-12-20(22,23)24/h2-9,11H,10,12H2,1H3,(H,25,26,28). The molecular weight excluding hydrogens is 451 g/mol. The van der Waals surface area contributed by atoms with Crippen LogP contribution < -0.4 is 10.1 Å². The van der Waals surface area contributed by atoms with Crippen molar-refractivity contribution in [2.45, 2.75) is 19.6 Å². The molecule has 0 saturated heterocycles. The maximum atomic E-state index is 12.5. The van der Waals surface area contributed by atoms with Crippen LogP contribution in [0.5, 0.6) is 5.75 Å². The summed E-state index contributed by atoms with van der Waals surface area (Å²) in [6.07, 6.45) is -2.72. The number of benzene rings is 2. The number of carbonyl (C=O) groups is 1. The molecule has 0 atom stereocenters. The molecule has 1 N–H and O–H groups in total. The zero-order valence-electron chi connectivity index (χ0n) is 15.3. The Morgan fingerprint density at radius 1 is 1.21 bits per heavy atom. The quantitative estimate of drug-likeness (QED) is 0.542. The second-order valence-electron chi connectivity index (χ2n) is 6.39. The van der Waals surface area contributed by atoms with Gasteiger partial charge in [-0.1, -0.05) is 35.9 Å². The van der Waals surface area contributed by atoms with Gasteiger partial charge in [0.1, 0.15) is 5.75 Å². The topological polar surface area (TPSA) is 56.2 Å². The van der Waals surface area contributed by atoms with Crippen LogP contribution in [0.25, 0.3) is 0 Å². The monoisotopic (exact) mass is 467 g/mol. The lowest BCUT2D eigenvalue weighted by molar-refractivity contribution is -0.153. The third kappa shape index (κ3) is 6.08. The summed E-state index contributed by atoms with van der Waals surface area (Å²) in [6, 6.07) is 13.5. The van der Waals surface area contributed by atoms with Gasteiger partial charge < -0.3 is 10.1 Å². The molecule has 0 aliphatic rings. The van der Waals surface area contributed by atoms with Crippen LogP contribution in [0.4, 0.5) is 19.0 Å².